The highest BCUT2D eigenvalue weighted by Gasteiger charge is 2.24. The molecule has 0 aliphatic heterocycles. The van der Waals surface area contributed by atoms with Crippen molar-refractivity contribution in [3.63, 3.8) is 0 Å². The molecule has 2 N–H and O–H groups in total. The summed E-state index contributed by atoms with van der Waals surface area (Å²) in [4.78, 5) is 0. The van der Waals surface area contributed by atoms with Gasteiger partial charge in [-0.1, -0.05) is 35.8 Å². The minimum atomic E-state index is -0.0469. The van der Waals surface area contributed by atoms with Crippen molar-refractivity contribution in [3.8, 4) is 0 Å². The molecule has 94 valence electrons. The Bertz CT molecular complexity index is 403. The number of aliphatic hydroxyl groups is 1. The zero-order chi connectivity index (χ0) is 12.5. The summed E-state index contributed by atoms with van der Waals surface area (Å²) in [5.74, 6) is 0. The molecule has 17 heavy (non-hydrogen) atoms. The van der Waals surface area contributed by atoms with Gasteiger partial charge in [-0.3, -0.25) is 0 Å². The average Bonchev–Trinajstić information content (AvgIpc) is 2.69. The lowest BCUT2D eigenvalue weighted by molar-refractivity contribution is 0.153. The first-order valence-corrected chi connectivity index (χ1v) is 6.94. The quantitative estimate of drug-likeness (QED) is 0.895. The second-order valence-corrected chi connectivity index (χ2v) is 6.55. The van der Waals surface area contributed by atoms with E-state index in [1.54, 1.807) is 0 Å². The minimum absolute atomic E-state index is 0.0469. The van der Waals surface area contributed by atoms with Crippen LogP contribution in [0.3, 0.4) is 0 Å². The summed E-state index contributed by atoms with van der Waals surface area (Å²) in [6.45, 7) is 5.23. The number of nitrogens with one attached hydrogen (secondary N) is 1. The van der Waals surface area contributed by atoms with Gasteiger partial charge in [-0.2, -0.15) is 0 Å². The van der Waals surface area contributed by atoms with Gasteiger partial charge in [-0.15, -0.1) is 0 Å². The zero-order valence-corrected chi connectivity index (χ0v) is 12.0. The highest BCUT2D eigenvalue weighted by atomic mass is 79.9. The Balaban J connectivity index is 2.04. The molecule has 1 unspecified atom stereocenters. The molecule has 1 atom stereocenters. The molecule has 0 bridgehead atoms. The van der Waals surface area contributed by atoms with Gasteiger partial charge in [0.05, 0.1) is 0 Å². The highest BCUT2D eigenvalue weighted by molar-refractivity contribution is 9.10. The van der Waals surface area contributed by atoms with Crippen LogP contribution in [-0.2, 0) is 6.42 Å². The van der Waals surface area contributed by atoms with Crippen LogP contribution < -0.4 is 5.32 Å². The fourth-order valence-electron chi connectivity index (χ4n) is 2.24. The second-order valence-electron chi connectivity index (χ2n) is 5.64. The topological polar surface area (TPSA) is 32.3 Å². The lowest BCUT2D eigenvalue weighted by Gasteiger charge is -2.25. The van der Waals surface area contributed by atoms with Crippen LogP contribution in [0.1, 0.15) is 37.4 Å². The summed E-state index contributed by atoms with van der Waals surface area (Å²) < 4.78 is 1.14. The predicted octanol–water partition coefficient (Wildman–Crippen LogP) is 3.04. The van der Waals surface area contributed by atoms with Crippen LogP contribution in [0, 0.1) is 5.41 Å². The van der Waals surface area contributed by atoms with Gasteiger partial charge in [0.25, 0.3) is 0 Å². The number of aryl methyl sites for hydroxylation is 1. The molecule has 0 saturated heterocycles. The van der Waals surface area contributed by atoms with Gasteiger partial charge in [0, 0.05) is 29.1 Å². The smallest absolute Gasteiger partial charge is 0.0494 e. The molecule has 0 aromatic heterocycles. The SMILES string of the molecule is CC(C)(CO)CNC1CCc2ccc(Br)cc21. The largest absolute Gasteiger partial charge is 0.396 e. The molecule has 0 fully saturated rings. The summed E-state index contributed by atoms with van der Waals surface area (Å²) in [6, 6.07) is 6.97. The van der Waals surface area contributed by atoms with Crippen LogP contribution in [0.2, 0.25) is 0 Å². The van der Waals surface area contributed by atoms with Gasteiger partial charge in [-0.05, 0) is 36.1 Å². The molecule has 2 nitrogen and oxygen atoms in total. The third-order valence-electron chi connectivity index (χ3n) is 3.44. The molecule has 2 rings (SSSR count). The Morgan fingerprint density at radius 2 is 2.24 bits per heavy atom. The van der Waals surface area contributed by atoms with Crippen LogP contribution in [-0.4, -0.2) is 18.3 Å². The number of benzene rings is 1. The molecule has 1 aromatic rings. The van der Waals surface area contributed by atoms with E-state index in [1.165, 1.54) is 11.1 Å². The summed E-state index contributed by atoms with van der Waals surface area (Å²) in [5, 5.41) is 12.8. The van der Waals surface area contributed by atoms with Crippen molar-refractivity contribution in [2.24, 2.45) is 5.41 Å². The lowest BCUT2D eigenvalue weighted by Crippen LogP contribution is -2.34. The molecule has 0 amide bonds. The summed E-state index contributed by atoms with van der Waals surface area (Å²) in [5.41, 5.74) is 2.81. The Morgan fingerprint density at radius 1 is 1.47 bits per heavy atom. The number of rotatable bonds is 4. The summed E-state index contributed by atoms with van der Waals surface area (Å²) in [6.07, 6.45) is 2.31. The molecular formula is C14H20BrNO. The van der Waals surface area contributed by atoms with E-state index in [-0.39, 0.29) is 12.0 Å². The molecule has 1 aliphatic rings. The maximum atomic E-state index is 9.26. The van der Waals surface area contributed by atoms with Crippen LogP contribution in [0.15, 0.2) is 22.7 Å². The first-order valence-electron chi connectivity index (χ1n) is 6.14. The maximum absolute atomic E-state index is 9.26. The molecule has 0 heterocycles. The molecule has 0 spiro atoms. The van der Waals surface area contributed by atoms with E-state index in [0.717, 1.165) is 23.9 Å². The van der Waals surface area contributed by atoms with Gasteiger partial charge in [0.2, 0.25) is 0 Å². The number of hydrogen-bond acceptors (Lipinski definition) is 2. The first-order chi connectivity index (χ1) is 8.02. The number of fused-ring (bicyclic) bond motifs is 1. The van der Waals surface area contributed by atoms with E-state index in [2.05, 4.69) is 53.3 Å². The Morgan fingerprint density at radius 3 is 2.94 bits per heavy atom. The van der Waals surface area contributed by atoms with E-state index in [9.17, 15) is 5.11 Å². The van der Waals surface area contributed by atoms with Crippen molar-refractivity contribution < 1.29 is 5.11 Å². The van der Waals surface area contributed by atoms with E-state index in [1.807, 2.05) is 0 Å². The van der Waals surface area contributed by atoms with Crippen molar-refractivity contribution in [1.29, 1.82) is 0 Å². The summed E-state index contributed by atoms with van der Waals surface area (Å²) in [7, 11) is 0. The van der Waals surface area contributed by atoms with Crippen LogP contribution >= 0.6 is 15.9 Å². The van der Waals surface area contributed by atoms with Crippen molar-refractivity contribution in [3.05, 3.63) is 33.8 Å². The monoisotopic (exact) mass is 297 g/mol. The molecular weight excluding hydrogens is 278 g/mol. The molecule has 0 saturated carbocycles. The summed E-state index contributed by atoms with van der Waals surface area (Å²) >= 11 is 3.53. The third kappa shape index (κ3) is 3.09. The van der Waals surface area contributed by atoms with Crippen molar-refractivity contribution in [1.82, 2.24) is 5.32 Å². The van der Waals surface area contributed by atoms with Crippen LogP contribution in [0.5, 0.6) is 0 Å². The third-order valence-corrected chi connectivity index (χ3v) is 3.93. The van der Waals surface area contributed by atoms with Crippen molar-refractivity contribution in [2.45, 2.75) is 32.7 Å². The normalized spacial score (nSPS) is 19.4. The molecule has 1 aromatic carbocycles. The molecule has 1 aliphatic carbocycles. The van der Waals surface area contributed by atoms with Gasteiger partial charge in [0.15, 0.2) is 0 Å². The standard InChI is InChI=1S/C14H20BrNO/c1-14(2,9-17)8-16-13-6-4-10-3-5-11(15)7-12(10)13/h3,5,7,13,16-17H,4,6,8-9H2,1-2H3. The van der Waals surface area contributed by atoms with Gasteiger partial charge < -0.3 is 10.4 Å². The van der Waals surface area contributed by atoms with Gasteiger partial charge in [0.1, 0.15) is 0 Å². The molecule has 0 radical (unpaired) electrons. The highest BCUT2D eigenvalue weighted by Crippen LogP contribution is 2.33. The van der Waals surface area contributed by atoms with E-state index in [4.69, 9.17) is 0 Å². The zero-order valence-electron chi connectivity index (χ0n) is 10.5. The van der Waals surface area contributed by atoms with Gasteiger partial charge >= 0.3 is 0 Å². The van der Waals surface area contributed by atoms with Crippen molar-refractivity contribution in [2.75, 3.05) is 13.2 Å². The fourth-order valence-corrected chi connectivity index (χ4v) is 2.62. The number of hydrogen-bond donors (Lipinski definition) is 2. The van der Waals surface area contributed by atoms with Crippen LogP contribution in [0.4, 0.5) is 0 Å². The molecule has 3 heteroatoms. The van der Waals surface area contributed by atoms with Crippen molar-refractivity contribution >= 4 is 15.9 Å². The lowest BCUT2D eigenvalue weighted by atomic mass is 9.94. The fraction of sp³-hybridized carbons (Fsp3) is 0.571. The number of halogens is 1. The Hall–Kier alpha value is -0.380. The second kappa shape index (κ2) is 5.09. The van der Waals surface area contributed by atoms with Crippen LogP contribution in [0.25, 0.3) is 0 Å². The van der Waals surface area contributed by atoms with E-state index >= 15 is 0 Å². The first kappa shape index (κ1) is 13.1. The Labute approximate surface area is 112 Å². The van der Waals surface area contributed by atoms with Gasteiger partial charge in [-0.25, -0.2) is 0 Å². The average molecular weight is 298 g/mol. The van der Waals surface area contributed by atoms with E-state index in [0.29, 0.717) is 6.04 Å². The predicted molar refractivity (Wildman–Crippen MR) is 74.1 cm³/mol. The van der Waals surface area contributed by atoms with E-state index < -0.39 is 0 Å². The Kier molecular flexibility index (Phi) is 3.91. The maximum Gasteiger partial charge on any atom is 0.0494 e. The minimum Gasteiger partial charge on any atom is -0.396 e. The number of aliphatic hydroxyl groups excluding tert-OH is 1.